The Hall–Kier alpha value is -0.870. The van der Waals surface area contributed by atoms with E-state index in [9.17, 15) is 0 Å². The van der Waals surface area contributed by atoms with Gasteiger partial charge >= 0.3 is 0 Å². The van der Waals surface area contributed by atoms with E-state index in [0.29, 0.717) is 5.41 Å². The van der Waals surface area contributed by atoms with E-state index in [1.54, 1.807) is 0 Å². The van der Waals surface area contributed by atoms with Crippen LogP contribution in [0.3, 0.4) is 0 Å². The molecule has 2 heterocycles. The minimum Gasteiger partial charge on any atom is -0.337 e. The monoisotopic (exact) mass is 248 g/mol. The smallest absolute Gasteiger partial charge is 0.122 e. The van der Waals surface area contributed by atoms with Crippen molar-refractivity contribution in [1.82, 2.24) is 19.8 Å². The van der Waals surface area contributed by atoms with Crippen LogP contribution in [-0.2, 0) is 13.6 Å². The van der Waals surface area contributed by atoms with E-state index in [4.69, 9.17) is 0 Å². The molecule has 2 fully saturated rings. The van der Waals surface area contributed by atoms with Gasteiger partial charge in [-0.25, -0.2) is 4.98 Å². The summed E-state index contributed by atoms with van der Waals surface area (Å²) in [6.07, 6.45) is 8.12. The minimum atomic E-state index is 0.696. The van der Waals surface area contributed by atoms with Gasteiger partial charge in [0.25, 0.3) is 0 Å². The highest BCUT2D eigenvalue weighted by Crippen LogP contribution is 2.58. The lowest BCUT2D eigenvalue weighted by Gasteiger charge is -2.25. The molecular formula is C14H24N4. The SMILES string of the molecule is CN(Cc1nccn1C)CC1CC12CCNCC2. The van der Waals surface area contributed by atoms with Crippen molar-refractivity contribution >= 4 is 0 Å². The molecule has 1 aliphatic carbocycles. The van der Waals surface area contributed by atoms with Crippen LogP contribution in [0.25, 0.3) is 0 Å². The highest BCUT2D eigenvalue weighted by atomic mass is 15.2. The van der Waals surface area contributed by atoms with E-state index in [1.807, 2.05) is 12.4 Å². The molecule has 2 aliphatic rings. The van der Waals surface area contributed by atoms with Crippen LogP contribution in [0.5, 0.6) is 0 Å². The molecular weight excluding hydrogens is 224 g/mol. The van der Waals surface area contributed by atoms with Crippen LogP contribution in [0.4, 0.5) is 0 Å². The van der Waals surface area contributed by atoms with Crippen LogP contribution >= 0.6 is 0 Å². The fraction of sp³-hybridized carbons (Fsp3) is 0.786. The average Bonchev–Trinajstić information content (AvgIpc) is 2.81. The number of hydrogen-bond donors (Lipinski definition) is 1. The minimum absolute atomic E-state index is 0.696. The lowest BCUT2D eigenvalue weighted by Crippen LogP contribution is -2.32. The maximum atomic E-state index is 4.40. The molecule has 1 aromatic heterocycles. The lowest BCUT2D eigenvalue weighted by molar-refractivity contribution is 0.252. The molecule has 0 aromatic carbocycles. The summed E-state index contributed by atoms with van der Waals surface area (Å²) in [5.74, 6) is 2.09. The summed E-state index contributed by atoms with van der Waals surface area (Å²) in [5.41, 5.74) is 0.696. The van der Waals surface area contributed by atoms with E-state index >= 15 is 0 Å². The number of piperidine rings is 1. The molecule has 100 valence electrons. The van der Waals surface area contributed by atoms with Crippen LogP contribution in [0, 0.1) is 11.3 Å². The Labute approximate surface area is 109 Å². The van der Waals surface area contributed by atoms with Gasteiger partial charge < -0.3 is 9.88 Å². The summed E-state index contributed by atoms with van der Waals surface area (Å²) < 4.78 is 2.11. The number of nitrogens with one attached hydrogen (secondary N) is 1. The molecule has 1 saturated carbocycles. The maximum Gasteiger partial charge on any atom is 0.122 e. The third-order valence-corrected chi connectivity index (χ3v) is 4.82. The first-order chi connectivity index (χ1) is 8.70. The van der Waals surface area contributed by atoms with Gasteiger partial charge in [0.05, 0.1) is 6.54 Å². The predicted molar refractivity (Wildman–Crippen MR) is 72.2 cm³/mol. The summed E-state index contributed by atoms with van der Waals surface area (Å²) in [4.78, 5) is 6.83. The number of rotatable bonds is 4. The normalized spacial score (nSPS) is 25.8. The number of imidazole rings is 1. The van der Waals surface area contributed by atoms with Crippen LogP contribution in [0.15, 0.2) is 12.4 Å². The van der Waals surface area contributed by atoms with Crippen molar-refractivity contribution < 1.29 is 0 Å². The summed E-state index contributed by atoms with van der Waals surface area (Å²) in [6, 6.07) is 0. The van der Waals surface area contributed by atoms with Gasteiger partial charge in [-0.1, -0.05) is 0 Å². The van der Waals surface area contributed by atoms with Crippen molar-refractivity contribution in [1.29, 1.82) is 0 Å². The van der Waals surface area contributed by atoms with Crippen molar-refractivity contribution in [3.8, 4) is 0 Å². The van der Waals surface area contributed by atoms with Gasteiger partial charge in [0.1, 0.15) is 5.82 Å². The topological polar surface area (TPSA) is 33.1 Å². The zero-order valence-electron chi connectivity index (χ0n) is 11.5. The van der Waals surface area contributed by atoms with Crippen molar-refractivity contribution in [3.05, 3.63) is 18.2 Å². The number of aryl methyl sites for hydroxylation is 1. The van der Waals surface area contributed by atoms with Gasteiger partial charge in [-0.2, -0.15) is 0 Å². The van der Waals surface area contributed by atoms with E-state index < -0.39 is 0 Å². The fourth-order valence-electron chi connectivity index (χ4n) is 3.46. The molecule has 0 bridgehead atoms. The van der Waals surface area contributed by atoms with Crippen molar-refractivity contribution in [2.75, 3.05) is 26.7 Å². The highest BCUT2D eigenvalue weighted by molar-refractivity contribution is 5.05. The molecule has 1 spiro atoms. The first-order valence-corrected chi connectivity index (χ1v) is 7.05. The molecule has 4 nitrogen and oxygen atoms in total. The molecule has 3 rings (SSSR count). The van der Waals surface area contributed by atoms with E-state index in [0.717, 1.165) is 18.3 Å². The molecule has 1 unspecified atom stereocenters. The number of hydrogen-bond acceptors (Lipinski definition) is 3. The number of nitrogens with zero attached hydrogens (tertiary/aromatic N) is 3. The Bertz CT molecular complexity index is 406. The molecule has 1 aromatic rings. The summed E-state index contributed by atoms with van der Waals surface area (Å²) in [7, 11) is 4.30. The molecule has 1 aliphatic heterocycles. The average molecular weight is 248 g/mol. The number of aromatic nitrogens is 2. The molecule has 1 saturated heterocycles. The maximum absolute atomic E-state index is 4.40. The standard InChI is InChI=1S/C14H24N4/c1-17(11-13-16-7-8-18(13)2)10-12-9-14(12)3-5-15-6-4-14/h7-8,12,15H,3-6,9-11H2,1-2H3. The third-order valence-electron chi connectivity index (χ3n) is 4.82. The van der Waals surface area contributed by atoms with Crippen molar-refractivity contribution in [2.24, 2.45) is 18.4 Å². The van der Waals surface area contributed by atoms with E-state index in [-0.39, 0.29) is 0 Å². The zero-order chi connectivity index (χ0) is 12.6. The first-order valence-electron chi connectivity index (χ1n) is 7.05. The second-order valence-corrected chi connectivity index (χ2v) is 6.16. The van der Waals surface area contributed by atoms with Crippen LogP contribution in [0.1, 0.15) is 25.1 Å². The second-order valence-electron chi connectivity index (χ2n) is 6.16. The van der Waals surface area contributed by atoms with Crippen molar-refractivity contribution in [3.63, 3.8) is 0 Å². The lowest BCUT2D eigenvalue weighted by atomic mass is 9.92. The molecule has 0 radical (unpaired) electrons. The van der Waals surface area contributed by atoms with Crippen LogP contribution < -0.4 is 5.32 Å². The third kappa shape index (κ3) is 2.31. The van der Waals surface area contributed by atoms with E-state index in [2.05, 4.69) is 33.9 Å². The summed E-state index contributed by atoms with van der Waals surface area (Å²) >= 11 is 0. The second kappa shape index (κ2) is 4.67. The van der Waals surface area contributed by atoms with Gasteiger partial charge in [-0.3, -0.25) is 4.90 Å². The van der Waals surface area contributed by atoms with Crippen LogP contribution in [0.2, 0.25) is 0 Å². The predicted octanol–water partition coefficient (Wildman–Crippen LogP) is 1.24. The van der Waals surface area contributed by atoms with E-state index in [1.165, 1.54) is 38.9 Å². The Balaban J connectivity index is 1.50. The van der Waals surface area contributed by atoms with Gasteiger partial charge in [-0.05, 0) is 50.7 Å². The highest BCUT2D eigenvalue weighted by Gasteiger charge is 2.53. The Morgan fingerprint density at radius 1 is 1.50 bits per heavy atom. The Morgan fingerprint density at radius 2 is 2.28 bits per heavy atom. The molecule has 18 heavy (non-hydrogen) atoms. The Morgan fingerprint density at radius 3 is 2.94 bits per heavy atom. The largest absolute Gasteiger partial charge is 0.337 e. The summed E-state index contributed by atoms with van der Waals surface area (Å²) in [6.45, 7) is 4.64. The quantitative estimate of drug-likeness (QED) is 0.870. The van der Waals surface area contributed by atoms with Crippen molar-refractivity contribution in [2.45, 2.75) is 25.8 Å². The fourth-order valence-corrected chi connectivity index (χ4v) is 3.46. The first kappa shape index (κ1) is 12.2. The zero-order valence-corrected chi connectivity index (χ0v) is 11.5. The van der Waals surface area contributed by atoms with Gasteiger partial charge in [-0.15, -0.1) is 0 Å². The van der Waals surface area contributed by atoms with Gasteiger partial charge in [0.2, 0.25) is 0 Å². The van der Waals surface area contributed by atoms with Gasteiger partial charge in [0, 0.05) is 26.0 Å². The van der Waals surface area contributed by atoms with Crippen LogP contribution in [-0.4, -0.2) is 41.1 Å². The Kier molecular flexibility index (Phi) is 3.16. The molecule has 4 heteroatoms. The van der Waals surface area contributed by atoms with Gasteiger partial charge in [0.15, 0.2) is 0 Å². The molecule has 0 amide bonds. The molecule has 1 N–H and O–H groups in total. The summed E-state index contributed by atoms with van der Waals surface area (Å²) in [5, 5.41) is 3.47. The molecule has 1 atom stereocenters.